The SMILES string of the molecule is CCN(CC(=O)CC(C)(C)C)c1nc(-c2cc(OC)ccn2)nc2c1CCC2.CCN(CC(=O)CC(C)(C)C)c1nc(Cl)nc2c1CCC2.COc1ccnc(Br)c1. The number of ether oxygens (including phenoxy) is 2. The van der Waals surface area contributed by atoms with E-state index < -0.39 is 0 Å². The molecular weight excluding hydrogens is 820 g/mol. The fourth-order valence-corrected chi connectivity index (χ4v) is 7.53. The van der Waals surface area contributed by atoms with Crippen molar-refractivity contribution < 1.29 is 19.1 Å². The van der Waals surface area contributed by atoms with Crippen LogP contribution in [0.15, 0.2) is 41.3 Å². The van der Waals surface area contributed by atoms with Gasteiger partial charge in [0.15, 0.2) is 17.4 Å². The fraction of sp³-hybridized carbons (Fsp3) is 0.545. The first-order valence-corrected chi connectivity index (χ1v) is 21.2. The first-order valence-electron chi connectivity index (χ1n) is 20.1. The first-order chi connectivity index (χ1) is 27.4. The number of hydrogen-bond acceptors (Lipinski definition) is 12. The summed E-state index contributed by atoms with van der Waals surface area (Å²) in [6.07, 6.45) is 10.5. The minimum atomic E-state index is -0.0141. The minimum Gasteiger partial charge on any atom is -0.497 e. The number of ketones is 2. The van der Waals surface area contributed by atoms with Gasteiger partial charge in [0.1, 0.15) is 33.4 Å². The number of nitrogens with zero attached hydrogens (tertiary/aromatic N) is 8. The number of fused-ring (bicyclic) bond motifs is 2. The van der Waals surface area contributed by atoms with Crippen molar-refractivity contribution in [2.45, 2.75) is 107 Å². The van der Waals surface area contributed by atoms with Gasteiger partial charge < -0.3 is 19.3 Å². The number of pyridine rings is 2. The molecule has 2 aliphatic carbocycles. The van der Waals surface area contributed by atoms with Gasteiger partial charge >= 0.3 is 0 Å². The highest BCUT2D eigenvalue weighted by molar-refractivity contribution is 9.10. The lowest BCUT2D eigenvalue weighted by molar-refractivity contribution is -0.120. The van der Waals surface area contributed by atoms with Crippen LogP contribution < -0.4 is 19.3 Å². The maximum absolute atomic E-state index is 12.6. The summed E-state index contributed by atoms with van der Waals surface area (Å²) in [7, 11) is 3.26. The molecule has 58 heavy (non-hydrogen) atoms. The topological polar surface area (TPSA) is 136 Å². The van der Waals surface area contributed by atoms with Gasteiger partial charge in [0.2, 0.25) is 5.28 Å². The number of aryl methyl sites for hydroxylation is 2. The first kappa shape index (κ1) is 46.5. The van der Waals surface area contributed by atoms with Gasteiger partial charge in [0, 0.05) is 67.3 Å². The van der Waals surface area contributed by atoms with Crippen molar-refractivity contribution in [2.75, 3.05) is 50.2 Å². The van der Waals surface area contributed by atoms with E-state index in [0.29, 0.717) is 37.4 Å². The number of halogens is 2. The molecule has 0 amide bonds. The third-order valence-electron chi connectivity index (χ3n) is 9.48. The van der Waals surface area contributed by atoms with Crippen LogP contribution in [0.25, 0.3) is 11.5 Å². The highest BCUT2D eigenvalue weighted by atomic mass is 79.9. The molecule has 0 aliphatic heterocycles. The molecule has 4 heterocycles. The van der Waals surface area contributed by atoms with Crippen molar-refractivity contribution in [3.8, 4) is 23.0 Å². The van der Waals surface area contributed by atoms with Crippen molar-refractivity contribution in [3.05, 3.63) is 69.1 Å². The number of carbonyl (C=O) groups excluding carboxylic acids is 2. The average Bonchev–Trinajstić information content (AvgIpc) is 3.84. The van der Waals surface area contributed by atoms with Crippen molar-refractivity contribution >= 4 is 50.7 Å². The van der Waals surface area contributed by atoms with Crippen LogP contribution in [-0.2, 0) is 35.3 Å². The molecule has 4 aromatic rings. The minimum absolute atomic E-state index is 0.0141. The Bertz CT molecular complexity index is 2020. The van der Waals surface area contributed by atoms with E-state index >= 15 is 0 Å². The summed E-state index contributed by atoms with van der Waals surface area (Å²) in [4.78, 5) is 55.7. The van der Waals surface area contributed by atoms with Crippen LogP contribution in [0, 0.1) is 10.8 Å². The summed E-state index contributed by atoms with van der Waals surface area (Å²) in [5.74, 6) is 4.35. The summed E-state index contributed by atoms with van der Waals surface area (Å²) in [6, 6.07) is 7.26. The van der Waals surface area contributed by atoms with Crippen LogP contribution in [0.3, 0.4) is 0 Å². The fourth-order valence-electron chi connectivity index (χ4n) is 7.00. The largest absolute Gasteiger partial charge is 0.497 e. The van der Waals surface area contributed by atoms with Crippen LogP contribution in [0.4, 0.5) is 11.6 Å². The Balaban J connectivity index is 0.000000217. The molecule has 4 aromatic heterocycles. The zero-order chi connectivity index (χ0) is 42.6. The van der Waals surface area contributed by atoms with E-state index in [1.165, 1.54) is 11.1 Å². The number of carbonyl (C=O) groups is 2. The second-order valence-electron chi connectivity index (χ2n) is 16.9. The third-order valence-corrected chi connectivity index (χ3v) is 10.1. The number of aromatic nitrogens is 6. The molecule has 0 aromatic carbocycles. The number of hydrogen-bond donors (Lipinski definition) is 0. The molecular formula is C44H60BrClN8O4. The van der Waals surface area contributed by atoms with Crippen molar-refractivity contribution in [3.63, 3.8) is 0 Å². The molecule has 0 unspecified atom stereocenters. The van der Waals surface area contributed by atoms with Crippen LogP contribution in [0.2, 0.25) is 5.28 Å². The van der Waals surface area contributed by atoms with Crippen LogP contribution in [0.5, 0.6) is 11.5 Å². The number of anilines is 2. The van der Waals surface area contributed by atoms with Crippen LogP contribution >= 0.6 is 27.5 Å². The predicted octanol–water partition coefficient (Wildman–Crippen LogP) is 9.17. The number of methoxy groups -OCH3 is 2. The molecule has 12 nitrogen and oxygen atoms in total. The summed E-state index contributed by atoms with van der Waals surface area (Å²) >= 11 is 9.25. The molecule has 6 rings (SSSR count). The Kier molecular flexibility index (Phi) is 16.9. The smallest absolute Gasteiger partial charge is 0.224 e. The van der Waals surface area contributed by atoms with E-state index in [2.05, 4.69) is 89.2 Å². The van der Waals surface area contributed by atoms with Gasteiger partial charge in [-0.2, -0.15) is 0 Å². The molecule has 0 N–H and O–H groups in total. The van der Waals surface area contributed by atoms with Crippen molar-refractivity contribution in [2.24, 2.45) is 10.8 Å². The zero-order valence-corrected chi connectivity index (χ0v) is 38.3. The quantitative estimate of drug-likeness (QED) is 0.0936. The van der Waals surface area contributed by atoms with E-state index in [4.69, 9.17) is 31.0 Å². The maximum Gasteiger partial charge on any atom is 0.224 e. The lowest BCUT2D eigenvalue weighted by Gasteiger charge is -2.26. The van der Waals surface area contributed by atoms with Gasteiger partial charge in [-0.15, -0.1) is 0 Å². The molecule has 0 saturated carbocycles. The Morgan fingerprint density at radius 3 is 1.66 bits per heavy atom. The summed E-state index contributed by atoms with van der Waals surface area (Å²) < 4.78 is 11.0. The van der Waals surface area contributed by atoms with Crippen LogP contribution in [-0.4, -0.2) is 81.9 Å². The Morgan fingerprint density at radius 2 is 1.19 bits per heavy atom. The summed E-state index contributed by atoms with van der Waals surface area (Å²) in [6.45, 7) is 18.9. The van der Waals surface area contributed by atoms with Gasteiger partial charge in [-0.25, -0.2) is 24.9 Å². The number of likely N-dealkylation sites (N-methyl/N-ethyl adjacent to an activating group) is 2. The Morgan fingerprint density at radius 1 is 0.707 bits per heavy atom. The van der Waals surface area contributed by atoms with E-state index in [-0.39, 0.29) is 27.7 Å². The third kappa shape index (κ3) is 14.0. The Hall–Kier alpha value is -4.23. The zero-order valence-electron chi connectivity index (χ0n) is 35.9. The van der Waals surface area contributed by atoms with Crippen molar-refractivity contribution in [1.82, 2.24) is 29.9 Å². The van der Waals surface area contributed by atoms with E-state index in [0.717, 1.165) is 90.7 Å². The predicted molar refractivity (Wildman–Crippen MR) is 235 cm³/mol. The molecule has 0 saturated heterocycles. The summed E-state index contributed by atoms with van der Waals surface area (Å²) in [5.41, 5.74) is 5.16. The second kappa shape index (κ2) is 21.2. The van der Waals surface area contributed by atoms with Gasteiger partial charge in [-0.1, -0.05) is 41.5 Å². The van der Waals surface area contributed by atoms with Gasteiger partial charge in [0.25, 0.3) is 0 Å². The van der Waals surface area contributed by atoms with Gasteiger partial charge in [0.05, 0.1) is 33.0 Å². The summed E-state index contributed by atoms with van der Waals surface area (Å²) in [5, 5.41) is 0.285. The van der Waals surface area contributed by atoms with Gasteiger partial charge in [-0.3, -0.25) is 14.6 Å². The lowest BCUT2D eigenvalue weighted by Crippen LogP contribution is -2.33. The maximum atomic E-state index is 12.6. The second-order valence-corrected chi connectivity index (χ2v) is 18.1. The molecule has 0 fully saturated rings. The monoisotopic (exact) mass is 878 g/mol. The lowest BCUT2D eigenvalue weighted by atomic mass is 9.90. The number of rotatable bonds is 13. The van der Waals surface area contributed by atoms with E-state index in [1.54, 1.807) is 44.8 Å². The highest BCUT2D eigenvalue weighted by Gasteiger charge is 2.27. The normalized spacial score (nSPS) is 13.0. The molecule has 0 radical (unpaired) electrons. The highest BCUT2D eigenvalue weighted by Crippen LogP contribution is 2.33. The molecule has 0 spiro atoms. The van der Waals surface area contributed by atoms with Crippen molar-refractivity contribution in [1.29, 1.82) is 0 Å². The molecule has 0 bridgehead atoms. The van der Waals surface area contributed by atoms with Gasteiger partial charge in [-0.05, 0) is 103 Å². The molecule has 2 aliphatic rings. The molecule has 14 heteroatoms. The molecule has 0 atom stereocenters. The molecule has 314 valence electrons. The number of Topliss-reactive ketones (excluding diaryl/α,β-unsaturated/α-hetero) is 2. The Labute approximate surface area is 358 Å². The van der Waals surface area contributed by atoms with E-state index in [1.807, 2.05) is 17.9 Å². The van der Waals surface area contributed by atoms with Crippen LogP contribution in [0.1, 0.15) is 104 Å². The average molecular weight is 880 g/mol. The van der Waals surface area contributed by atoms with E-state index in [9.17, 15) is 9.59 Å². The standard InChI is InChI=1S/C22H30N4O2.C16H24ClN3O.C6H6BrNO/c1-6-26(14-15(27)13-22(2,3)4)21-17-8-7-9-18(17)24-20(25-21)19-12-16(28-5)10-11-23-19;1-5-20(10-11(21)9-16(2,3)4)14-12-7-6-8-13(12)18-15(17)19-14;1-9-5-2-3-8-6(7)4-5/h10-12H,6-9,13-14H2,1-5H3;5-10H2,1-4H3;2-4H,1H3.